The molecule has 0 aromatic heterocycles. The topological polar surface area (TPSA) is 70.5 Å². The Balaban J connectivity index is 2.23. The third-order valence-electron chi connectivity index (χ3n) is 2.98. The van der Waals surface area contributed by atoms with Gasteiger partial charge in [-0.1, -0.05) is 35.9 Å². The minimum absolute atomic E-state index is 0.141. The maximum atomic E-state index is 6.15. The monoisotopic (exact) mass is 350 g/mol. The highest BCUT2D eigenvalue weighted by molar-refractivity contribution is 7.80. The molecule has 0 aliphatic rings. The molecule has 5 nitrogen and oxygen atoms in total. The molecule has 0 amide bonds. The fourth-order valence-corrected chi connectivity index (χ4v) is 2.16. The van der Waals surface area contributed by atoms with Gasteiger partial charge in [0.25, 0.3) is 0 Å². The number of para-hydroxylation sites is 1. The molecule has 0 aliphatic heterocycles. The lowest BCUT2D eigenvalue weighted by molar-refractivity contribution is -0.499. The molecule has 0 spiro atoms. The number of nitrogens with one attached hydrogen (secondary N) is 2. The Kier molecular flexibility index (Phi) is 6.19. The highest BCUT2D eigenvalue weighted by atomic mass is 35.5. The number of hydrogen-bond donors (Lipinski definition) is 3. The molecular formula is C16H17ClN3O2S+. The van der Waals surface area contributed by atoms with Crippen LogP contribution in [0.4, 0.5) is 0 Å². The highest BCUT2D eigenvalue weighted by Crippen LogP contribution is 2.31. The first kappa shape index (κ1) is 17.1. The molecule has 7 heteroatoms. The SMILES string of the molecule is COc1cccc(C=[NH+]NC(N)=S)c1OCc1ccccc1Cl. The van der Waals surface area contributed by atoms with Gasteiger partial charge in [-0.05, 0) is 30.4 Å². The molecule has 0 radical (unpaired) electrons. The average molecular weight is 351 g/mol. The smallest absolute Gasteiger partial charge is 0.221 e. The summed E-state index contributed by atoms with van der Waals surface area (Å²) in [6, 6.07) is 13.1. The lowest BCUT2D eigenvalue weighted by Gasteiger charge is -2.13. The van der Waals surface area contributed by atoms with Crippen LogP contribution in [0.5, 0.6) is 11.5 Å². The average Bonchev–Trinajstić information content (AvgIpc) is 2.54. The summed E-state index contributed by atoms with van der Waals surface area (Å²) in [7, 11) is 1.59. The molecule has 0 fully saturated rings. The van der Waals surface area contributed by atoms with Gasteiger partial charge in [0.2, 0.25) is 11.3 Å². The Labute approximate surface area is 145 Å². The second-order valence-corrected chi connectivity index (χ2v) is 5.38. The van der Waals surface area contributed by atoms with E-state index in [1.807, 2.05) is 42.5 Å². The molecule has 4 N–H and O–H groups in total. The van der Waals surface area contributed by atoms with Crippen LogP contribution < -0.4 is 25.7 Å². The van der Waals surface area contributed by atoms with Crippen molar-refractivity contribution in [2.75, 3.05) is 7.11 Å². The van der Waals surface area contributed by atoms with Gasteiger partial charge in [0.15, 0.2) is 11.5 Å². The Bertz CT molecular complexity index is 722. The number of hydrazone groups is 1. The van der Waals surface area contributed by atoms with Gasteiger partial charge in [0.05, 0.1) is 12.7 Å². The standard InChI is InChI=1S/C16H16ClN3O2S/c1-21-14-8-4-6-11(9-19-20-16(18)23)15(14)22-10-12-5-2-3-7-13(12)17/h2-9H,10H2,1H3,(H3,18,20,23)/p+1. The minimum Gasteiger partial charge on any atom is -0.493 e. The van der Waals surface area contributed by atoms with Gasteiger partial charge in [-0.25, -0.2) is 0 Å². The third kappa shape index (κ3) is 4.84. The third-order valence-corrected chi connectivity index (χ3v) is 3.45. The number of hydrogen-bond acceptors (Lipinski definition) is 3. The molecule has 0 saturated carbocycles. The first-order valence-electron chi connectivity index (χ1n) is 6.79. The van der Waals surface area contributed by atoms with Crippen molar-refractivity contribution in [1.82, 2.24) is 5.43 Å². The number of ether oxygens (including phenoxy) is 2. The highest BCUT2D eigenvalue weighted by Gasteiger charge is 2.12. The fraction of sp³-hybridized carbons (Fsp3) is 0.125. The van der Waals surface area contributed by atoms with Gasteiger partial charge >= 0.3 is 0 Å². The molecule has 0 saturated heterocycles. The van der Waals surface area contributed by atoms with E-state index in [1.54, 1.807) is 13.3 Å². The van der Waals surface area contributed by atoms with Crippen LogP contribution in [0.25, 0.3) is 0 Å². The number of halogens is 1. The summed E-state index contributed by atoms with van der Waals surface area (Å²) in [5.74, 6) is 1.20. The Morgan fingerprint density at radius 2 is 2.09 bits per heavy atom. The van der Waals surface area contributed by atoms with E-state index in [-0.39, 0.29) is 5.11 Å². The van der Waals surface area contributed by atoms with E-state index in [1.165, 1.54) is 0 Å². The second kappa shape index (κ2) is 8.36. The zero-order valence-corrected chi connectivity index (χ0v) is 14.1. The van der Waals surface area contributed by atoms with Crippen LogP contribution in [0.2, 0.25) is 5.02 Å². The number of benzene rings is 2. The summed E-state index contributed by atoms with van der Waals surface area (Å²) in [5.41, 5.74) is 9.66. The van der Waals surface area contributed by atoms with Crippen molar-refractivity contribution < 1.29 is 14.6 Å². The summed E-state index contributed by atoms with van der Waals surface area (Å²) in [4.78, 5) is 0. The number of methoxy groups -OCH3 is 1. The number of nitrogens with two attached hydrogens (primary N) is 1. The molecular weight excluding hydrogens is 334 g/mol. The molecule has 23 heavy (non-hydrogen) atoms. The van der Waals surface area contributed by atoms with E-state index in [2.05, 4.69) is 10.5 Å². The van der Waals surface area contributed by atoms with Crippen molar-refractivity contribution in [3.05, 3.63) is 58.6 Å². The quantitative estimate of drug-likeness (QED) is 0.414. The minimum atomic E-state index is 0.141. The van der Waals surface area contributed by atoms with E-state index in [0.29, 0.717) is 23.1 Å². The predicted octanol–water partition coefficient (Wildman–Crippen LogP) is 1.18. The van der Waals surface area contributed by atoms with Crippen molar-refractivity contribution in [3.63, 3.8) is 0 Å². The second-order valence-electron chi connectivity index (χ2n) is 4.54. The summed E-state index contributed by atoms with van der Waals surface area (Å²) in [6.07, 6.45) is 1.68. The lowest BCUT2D eigenvalue weighted by atomic mass is 10.2. The first-order chi connectivity index (χ1) is 11.1. The Morgan fingerprint density at radius 1 is 1.30 bits per heavy atom. The Morgan fingerprint density at radius 3 is 2.78 bits per heavy atom. The molecule has 0 unspecified atom stereocenters. The van der Waals surface area contributed by atoms with Gasteiger partial charge in [-0.15, -0.1) is 10.5 Å². The van der Waals surface area contributed by atoms with Gasteiger partial charge in [-0.3, -0.25) is 0 Å². The van der Waals surface area contributed by atoms with Crippen LogP contribution in [0.3, 0.4) is 0 Å². The molecule has 2 aromatic rings. The van der Waals surface area contributed by atoms with Crippen LogP contribution in [0, 0.1) is 0 Å². The van der Waals surface area contributed by atoms with E-state index >= 15 is 0 Å². The maximum absolute atomic E-state index is 6.15. The lowest BCUT2D eigenvalue weighted by Crippen LogP contribution is -2.82. The number of rotatable bonds is 6. The zero-order chi connectivity index (χ0) is 16.7. The van der Waals surface area contributed by atoms with Crippen LogP contribution in [-0.4, -0.2) is 18.4 Å². The van der Waals surface area contributed by atoms with Crippen molar-refractivity contribution in [3.8, 4) is 11.5 Å². The molecule has 0 heterocycles. The van der Waals surface area contributed by atoms with Gasteiger partial charge in [0, 0.05) is 10.6 Å². The molecule has 2 aromatic carbocycles. The molecule has 0 bridgehead atoms. The summed E-state index contributed by atoms with van der Waals surface area (Å²) >= 11 is 10.9. The van der Waals surface area contributed by atoms with Gasteiger partial charge < -0.3 is 15.2 Å². The van der Waals surface area contributed by atoms with Crippen LogP contribution in [-0.2, 0) is 6.61 Å². The Hall–Kier alpha value is -2.31. The molecule has 120 valence electrons. The zero-order valence-electron chi connectivity index (χ0n) is 12.5. The van der Waals surface area contributed by atoms with Crippen LogP contribution in [0.15, 0.2) is 42.5 Å². The van der Waals surface area contributed by atoms with Crippen molar-refractivity contribution >= 4 is 35.1 Å². The normalized spacial score (nSPS) is 10.5. The summed E-state index contributed by atoms with van der Waals surface area (Å²) in [6.45, 7) is 0.323. The van der Waals surface area contributed by atoms with E-state index in [9.17, 15) is 0 Å². The predicted molar refractivity (Wildman–Crippen MR) is 94.8 cm³/mol. The van der Waals surface area contributed by atoms with E-state index < -0.39 is 0 Å². The maximum Gasteiger partial charge on any atom is 0.221 e. The van der Waals surface area contributed by atoms with Crippen molar-refractivity contribution in [2.45, 2.75) is 6.61 Å². The number of hydrazine groups is 1. The largest absolute Gasteiger partial charge is 0.493 e. The summed E-state index contributed by atoms with van der Waals surface area (Å²) < 4.78 is 11.3. The van der Waals surface area contributed by atoms with E-state index in [0.717, 1.165) is 11.1 Å². The van der Waals surface area contributed by atoms with Crippen molar-refractivity contribution in [2.24, 2.45) is 5.73 Å². The fourth-order valence-electron chi connectivity index (χ4n) is 1.91. The molecule has 0 atom stereocenters. The molecule has 0 aliphatic carbocycles. The van der Waals surface area contributed by atoms with Crippen LogP contribution in [0.1, 0.15) is 11.1 Å². The first-order valence-corrected chi connectivity index (χ1v) is 7.58. The molecule has 2 rings (SSSR count). The number of thiocarbonyl (C=S) groups is 1. The van der Waals surface area contributed by atoms with Gasteiger partial charge in [-0.2, -0.15) is 0 Å². The summed E-state index contributed by atoms with van der Waals surface area (Å²) in [5, 5.41) is 3.59. The van der Waals surface area contributed by atoms with Crippen molar-refractivity contribution in [1.29, 1.82) is 0 Å². The van der Waals surface area contributed by atoms with Gasteiger partial charge in [0.1, 0.15) is 6.61 Å². The van der Waals surface area contributed by atoms with E-state index in [4.69, 9.17) is 39.0 Å². The van der Waals surface area contributed by atoms with Crippen LogP contribution >= 0.6 is 23.8 Å².